The molecule has 0 saturated carbocycles. The van der Waals surface area contributed by atoms with Crippen molar-refractivity contribution in [3.05, 3.63) is 130 Å². The Balaban J connectivity index is 1.81. The number of amides is 2. The van der Waals surface area contributed by atoms with Crippen LogP contribution in [-0.4, -0.2) is 44.3 Å². The molecular formula is C35H38ClN3O4S. The Bertz CT molecular complexity index is 1710. The standard InChI is InChI=1S/C35H38ClN3O4S/c1-5-37-35(41)33(22-28-11-7-6-8-12-28)38(23-29-13-9-10-25(2)20-29)34(40)24-39(31-17-14-26(3)27(4)21-31)44(42,43)32-18-15-30(36)16-19-32/h6-21,33H,5,22-24H2,1-4H3,(H,37,41)/t33-/m1/s1. The molecule has 4 aromatic rings. The molecule has 4 aromatic carbocycles. The van der Waals surface area contributed by atoms with Gasteiger partial charge in [-0.1, -0.05) is 77.8 Å². The van der Waals surface area contributed by atoms with E-state index in [-0.39, 0.29) is 23.8 Å². The molecule has 0 fully saturated rings. The summed E-state index contributed by atoms with van der Waals surface area (Å²) in [5.41, 5.74) is 4.94. The molecule has 0 heterocycles. The van der Waals surface area contributed by atoms with E-state index in [4.69, 9.17) is 11.6 Å². The van der Waals surface area contributed by atoms with Crippen LogP contribution < -0.4 is 9.62 Å². The van der Waals surface area contributed by atoms with Gasteiger partial charge < -0.3 is 10.2 Å². The Morgan fingerprint density at radius 3 is 2.14 bits per heavy atom. The van der Waals surface area contributed by atoms with E-state index < -0.39 is 28.5 Å². The molecule has 0 saturated heterocycles. The molecule has 0 unspecified atom stereocenters. The molecule has 0 radical (unpaired) electrons. The number of halogens is 1. The van der Waals surface area contributed by atoms with Gasteiger partial charge in [-0.05, 0) is 86.3 Å². The highest BCUT2D eigenvalue weighted by molar-refractivity contribution is 7.92. The predicted molar refractivity (Wildman–Crippen MR) is 176 cm³/mol. The van der Waals surface area contributed by atoms with Crippen LogP contribution in [0.1, 0.15) is 34.7 Å². The van der Waals surface area contributed by atoms with E-state index in [1.165, 1.54) is 29.2 Å². The summed E-state index contributed by atoms with van der Waals surface area (Å²) in [6.45, 7) is 7.61. The van der Waals surface area contributed by atoms with Gasteiger partial charge >= 0.3 is 0 Å². The molecule has 0 aromatic heterocycles. The van der Waals surface area contributed by atoms with E-state index in [1.807, 2.05) is 88.4 Å². The number of nitrogens with zero attached hydrogens (tertiary/aromatic N) is 2. The number of carbonyl (C=O) groups excluding carboxylic acids is 2. The molecule has 1 atom stereocenters. The lowest BCUT2D eigenvalue weighted by Gasteiger charge is -2.34. The van der Waals surface area contributed by atoms with Gasteiger partial charge in [-0.3, -0.25) is 13.9 Å². The summed E-state index contributed by atoms with van der Waals surface area (Å²) < 4.78 is 29.4. The average molecular weight is 632 g/mol. The number of carbonyl (C=O) groups is 2. The van der Waals surface area contributed by atoms with Crippen LogP contribution in [0.25, 0.3) is 0 Å². The van der Waals surface area contributed by atoms with E-state index in [1.54, 1.807) is 12.1 Å². The zero-order valence-corrected chi connectivity index (χ0v) is 27.0. The van der Waals surface area contributed by atoms with Crippen LogP contribution in [0.15, 0.2) is 102 Å². The maximum absolute atomic E-state index is 14.5. The van der Waals surface area contributed by atoms with Crippen molar-refractivity contribution in [3.63, 3.8) is 0 Å². The number of nitrogens with one attached hydrogen (secondary N) is 1. The van der Waals surface area contributed by atoms with Crippen LogP contribution in [0.3, 0.4) is 0 Å². The monoisotopic (exact) mass is 631 g/mol. The molecule has 0 aliphatic carbocycles. The first kappa shape index (κ1) is 32.8. The second-order valence-electron chi connectivity index (χ2n) is 10.8. The summed E-state index contributed by atoms with van der Waals surface area (Å²) >= 11 is 6.06. The summed E-state index contributed by atoms with van der Waals surface area (Å²) in [4.78, 5) is 29.5. The molecular weight excluding hydrogens is 594 g/mol. The van der Waals surface area contributed by atoms with Crippen LogP contribution in [0, 0.1) is 20.8 Å². The minimum absolute atomic E-state index is 0.00252. The lowest BCUT2D eigenvalue weighted by Crippen LogP contribution is -2.53. The highest BCUT2D eigenvalue weighted by atomic mass is 35.5. The maximum atomic E-state index is 14.5. The van der Waals surface area contributed by atoms with Crippen molar-refractivity contribution >= 4 is 39.1 Å². The van der Waals surface area contributed by atoms with Crippen LogP contribution in [0.2, 0.25) is 5.02 Å². The summed E-state index contributed by atoms with van der Waals surface area (Å²) in [6, 6.07) is 27.5. The zero-order chi connectivity index (χ0) is 31.9. The Labute approximate surface area is 265 Å². The van der Waals surface area contributed by atoms with Crippen molar-refractivity contribution in [1.29, 1.82) is 0 Å². The number of sulfonamides is 1. The Kier molecular flexibility index (Phi) is 10.8. The van der Waals surface area contributed by atoms with E-state index in [9.17, 15) is 18.0 Å². The van der Waals surface area contributed by atoms with Crippen molar-refractivity contribution in [3.8, 4) is 0 Å². The van der Waals surface area contributed by atoms with Gasteiger partial charge in [0.25, 0.3) is 10.0 Å². The summed E-state index contributed by atoms with van der Waals surface area (Å²) in [7, 11) is -4.20. The van der Waals surface area contributed by atoms with Gasteiger partial charge in [0.1, 0.15) is 12.6 Å². The third kappa shape index (κ3) is 8.07. The molecule has 230 valence electrons. The van der Waals surface area contributed by atoms with Gasteiger partial charge in [-0.2, -0.15) is 0 Å². The largest absolute Gasteiger partial charge is 0.355 e. The van der Waals surface area contributed by atoms with E-state index >= 15 is 0 Å². The van der Waals surface area contributed by atoms with Crippen molar-refractivity contribution in [2.45, 2.75) is 51.6 Å². The number of benzene rings is 4. The number of anilines is 1. The van der Waals surface area contributed by atoms with Gasteiger partial charge in [0.2, 0.25) is 11.8 Å². The molecule has 2 amide bonds. The quantitative estimate of drug-likeness (QED) is 0.201. The van der Waals surface area contributed by atoms with Gasteiger partial charge in [0.05, 0.1) is 10.6 Å². The van der Waals surface area contributed by atoms with Gasteiger partial charge in [-0.25, -0.2) is 8.42 Å². The van der Waals surface area contributed by atoms with Crippen LogP contribution in [0.4, 0.5) is 5.69 Å². The van der Waals surface area contributed by atoms with Crippen LogP contribution in [0.5, 0.6) is 0 Å². The van der Waals surface area contributed by atoms with E-state index in [0.29, 0.717) is 17.3 Å². The van der Waals surface area contributed by atoms with Crippen molar-refractivity contribution in [2.75, 3.05) is 17.4 Å². The molecule has 44 heavy (non-hydrogen) atoms. The molecule has 1 N–H and O–H groups in total. The Morgan fingerprint density at radius 1 is 0.818 bits per heavy atom. The molecule has 0 aliphatic heterocycles. The third-order valence-corrected chi connectivity index (χ3v) is 9.56. The molecule has 7 nitrogen and oxygen atoms in total. The Hall–Kier alpha value is -4.14. The van der Waals surface area contributed by atoms with Crippen molar-refractivity contribution < 1.29 is 18.0 Å². The van der Waals surface area contributed by atoms with E-state index in [2.05, 4.69) is 5.32 Å². The third-order valence-electron chi connectivity index (χ3n) is 7.52. The highest BCUT2D eigenvalue weighted by Gasteiger charge is 2.34. The first-order chi connectivity index (χ1) is 21.0. The van der Waals surface area contributed by atoms with Gasteiger partial charge in [0, 0.05) is 24.5 Å². The summed E-state index contributed by atoms with van der Waals surface area (Å²) in [5.74, 6) is -0.815. The average Bonchev–Trinajstić information content (AvgIpc) is 3.00. The normalized spacial score (nSPS) is 11.9. The fourth-order valence-corrected chi connectivity index (χ4v) is 6.53. The minimum Gasteiger partial charge on any atom is -0.355 e. The van der Waals surface area contributed by atoms with Crippen LogP contribution in [-0.2, 0) is 32.6 Å². The fraction of sp³-hybridized carbons (Fsp3) is 0.257. The second-order valence-corrected chi connectivity index (χ2v) is 13.1. The highest BCUT2D eigenvalue weighted by Crippen LogP contribution is 2.27. The zero-order valence-electron chi connectivity index (χ0n) is 25.5. The lowest BCUT2D eigenvalue weighted by molar-refractivity contribution is -0.140. The van der Waals surface area contributed by atoms with Crippen LogP contribution >= 0.6 is 11.6 Å². The number of likely N-dealkylation sites (N-methyl/N-ethyl adjacent to an activating group) is 1. The fourth-order valence-electron chi connectivity index (χ4n) is 5.00. The molecule has 0 bridgehead atoms. The first-order valence-electron chi connectivity index (χ1n) is 14.5. The number of hydrogen-bond donors (Lipinski definition) is 1. The first-order valence-corrected chi connectivity index (χ1v) is 16.3. The number of hydrogen-bond acceptors (Lipinski definition) is 4. The predicted octanol–water partition coefficient (Wildman–Crippen LogP) is 6.24. The van der Waals surface area contributed by atoms with Crippen molar-refractivity contribution in [1.82, 2.24) is 10.2 Å². The smallest absolute Gasteiger partial charge is 0.264 e. The lowest BCUT2D eigenvalue weighted by atomic mass is 10.0. The van der Waals surface area contributed by atoms with Gasteiger partial charge in [0.15, 0.2) is 0 Å². The summed E-state index contributed by atoms with van der Waals surface area (Å²) in [6.07, 6.45) is 0.262. The maximum Gasteiger partial charge on any atom is 0.264 e. The number of aryl methyl sites for hydroxylation is 3. The molecule has 0 spiro atoms. The minimum atomic E-state index is -4.20. The van der Waals surface area contributed by atoms with E-state index in [0.717, 1.165) is 32.1 Å². The molecule has 9 heteroatoms. The SMILES string of the molecule is CCNC(=O)[C@@H](Cc1ccccc1)N(Cc1cccc(C)c1)C(=O)CN(c1ccc(C)c(C)c1)S(=O)(=O)c1ccc(Cl)cc1. The second kappa shape index (κ2) is 14.6. The topological polar surface area (TPSA) is 86.8 Å². The molecule has 0 aliphatic rings. The number of rotatable bonds is 12. The summed E-state index contributed by atoms with van der Waals surface area (Å²) in [5, 5.41) is 3.28. The Morgan fingerprint density at radius 2 is 1.50 bits per heavy atom. The van der Waals surface area contributed by atoms with Crippen molar-refractivity contribution in [2.24, 2.45) is 0 Å². The van der Waals surface area contributed by atoms with Gasteiger partial charge in [-0.15, -0.1) is 0 Å². The molecule has 4 rings (SSSR count).